The van der Waals surface area contributed by atoms with Gasteiger partial charge < -0.3 is 5.32 Å². The number of para-hydroxylation sites is 1. The van der Waals surface area contributed by atoms with E-state index in [9.17, 15) is 0 Å². The predicted molar refractivity (Wildman–Crippen MR) is 80.9 cm³/mol. The van der Waals surface area contributed by atoms with Crippen molar-refractivity contribution >= 4 is 10.9 Å². The lowest BCUT2D eigenvalue weighted by Crippen LogP contribution is -2.14. The molecule has 3 rings (SSSR count). The first-order valence-corrected chi connectivity index (χ1v) is 6.97. The number of benzene rings is 1. The molecule has 4 heteroatoms. The van der Waals surface area contributed by atoms with Gasteiger partial charge in [-0.2, -0.15) is 5.10 Å². The third-order valence-electron chi connectivity index (χ3n) is 3.26. The predicted octanol–water partition coefficient (Wildman–Crippen LogP) is 2.92. The standard InChI is InChI=1S/C16H18N4/c1-2-8-17-11-13-7-9-18-16(10-13)20-15-6-4-3-5-14(15)12-19-20/h3-7,9-10,12,17H,2,8,11H2,1H3. The fourth-order valence-electron chi connectivity index (χ4n) is 2.25. The zero-order valence-electron chi connectivity index (χ0n) is 11.6. The summed E-state index contributed by atoms with van der Waals surface area (Å²) in [5.74, 6) is 0.863. The smallest absolute Gasteiger partial charge is 0.154 e. The second-order valence-corrected chi connectivity index (χ2v) is 4.81. The summed E-state index contributed by atoms with van der Waals surface area (Å²) >= 11 is 0. The van der Waals surface area contributed by atoms with Crippen molar-refractivity contribution in [3.05, 3.63) is 54.4 Å². The topological polar surface area (TPSA) is 42.7 Å². The monoisotopic (exact) mass is 266 g/mol. The van der Waals surface area contributed by atoms with Gasteiger partial charge in [-0.15, -0.1) is 0 Å². The summed E-state index contributed by atoms with van der Waals surface area (Å²) in [6.07, 6.45) is 4.86. The minimum atomic E-state index is 0.863. The molecule has 3 aromatic rings. The molecule has 2 heterocycles. The normalized spacial score (nSPS) is 11.1. The van der Waals surface area contributed by atoms with Gasteiger partial charge in [0, 0.05) is 18.1 Å². The van der Waals surface area contributed by atoms with Crippen LogP contribution in [-0.4, -0.2) is 21.3 Å². The Morgan fingerprint density at radius 1 is 1.20 bits per heavy atom. The van der Waals surface area contributed by atoms with Gasteiger partial charge in [0.2, 0.25) is 0 Å². The number of nitrogens with zero attached hydrogens (tertiary/aromatic N) is 3. The zero-order chi connectivity index (χ0) is 13.8. The molecule has 0 saturated carbocycles. The van der Waals surface area contributed by atoms with E-state index in [1.807, 2.05) is 35.3 Å². The molecule has 0 fully saturated rings. The quantitative estimate of drug-likeness (QED) is 0.722. The van der Waals surface area contributed by atoms with Crippen LogP contribution in [0.2, 0.25) is 0 Å². The molecule has 0 amide bonds. The molecule has 0 aliphatic heterocycles. The number of hydrogen-bond donors (Lipinski definition) is 1. The lowest BCUT2D eigenvalue weighted by Gasteiger charge is -2.06. The van der Waals surface area contributed by atoms with Crippen LogP contribution < -0.4 is 5.32 Å². The van der Waals surface area contributed by atoms with Crippen molar-refractivity contribution in [2.75, 3.05) is 6.54 Å². The van der Waals surface area contributed by atoms with Gasteiger partial charge >= 0.3 is 0 Å². The molecule has 0 spiro atoms. The van der Waals surface area contributed by atoms with E-state index in [1.54, 1.807) is 0 Å². The molecule has 0 aliphatic rings. The summed E-state index contributed by atoms with van der Waals surface area (Å²) in [4.78, 5) is 4.43. The molecule has 4 nitrogen and oxygen atoms in total. The maximum Gasteiger partial charge on any atom is 0.154 e. The molecule has 0 unspecified atom stereocenters. The highest BCUT2D eigenvalue weighted by Crippen LogP contribution is 2.17. The molecule has 20 heavy (non-hydrogen) atoms. The molecule has 0 radical (unpaired) electrons. The van der Waals surface area contributed by atoms with Gasteiger partial charge in [0.1, 0.15) is 0 Å². The van der Waals surface area contributed by atoms with E-state index in [0.717, 1.165) is 36.2 Å². The molecule has 0 atom stereocenters. The minimum Gasteiger partial charge on any atom is -0.313 e. The number of fused-ring (bicyclic) bond motifs is 1. The van der Waals surface area contributed by atoms with Crippen molar-refractivity contribution in [2.45, 2.75) is 19.9 Å². The van der Waals surface area contributed by atoms with Crippen molar-refractivity contribution in [1.82, 2.24) is 20.1 Å². The van der Waals surface area contributed by atoms with Crippen molar-refractivity contribution in [2.24, 2.45) is 0 Å². The Morgan fingerprint density at radius 2 is 2.10 bits per heavy atom. The number of nitrogens with one attached hydrogen (secondary N) is 1. The first-order chi connectivity index (χ1) is 9.88. The second-order valence-electron chi connectivity index (χ2n) is 4.81. The van der Waals surface area contributed by atoms with Crippen LogP contribution in [-0.2, 0) is 6.54 Å². The van der Waals surface area contributed by atoms with E-state index < -0.39 is 0 Å². The van der Waals surface area contributed by atoms with Crippen molar-refractivity contribution < 1.29 is 0 Å². The third kappa shape index (κ3) is 2.56. The zero-order valence-corrected chi connectivity index (χ0v) is 11.6. The molecule has 1 aromatic carbocycles. The van der Waals surface area contributed by atoms with Crippen molar-refractivity contribution in [3.63, 3.8) is 0 Å². The van der Waals surface area contributed by atoms with E-state index in [-0.39, 0.29) is 0 Å². The van der Waals surface area contributed by atoms with Crippen LogP contribution in [0.25, 0.3) is 16.7 Å². The van der Waals surface area contributed by atoms with E-state index in [4.69, 9.17) is 0 Å². The van der Waals surface area contributed by atoms with E-state index >= 15 is 0 Å². The number of rotatable bonds is 5. The minimum absolute atomic E-state index is 0.863. The summed E-state index contributed by atoms with van der Waals surface area (Å²) in [5.41, 5.74) is 2.31. The number of pyridine rings is 1. The van der Waals surface area contributed by atoms with Gasteiger partial charge in [0.15, 0.2) is 5.82 Å². The molecule has 0 saturated heterocycles. The Labute approximate surface area is 118 Å². The Bertz CT molecular complexity index is 702. The molecule has 2 aromatic heterocycles. The summed E-state index contributed by atoms with van der Waals surface area (Å²) in [7, 11) is 0. The molecule has 0 aliphatic carbocycles. The summed E-state index contributed by atoms with van der Waals surface area (Å²) in [6, 6.07) is 12.3. The first kappa shape index (κ1) is 12.8. The Balaban J connectivity index is 1.92. The molecule has 1 N–H and O–H groups in total. The highest BCUT2D eigenvalue weighted by molar-refractivity contribution is 5.79. The Kier molecular flexibility index (Phi) is 3.74. The maximum absolute atomic E-state index is 4.44. The van der Waals surface area contributed by atoms with Crippen LogP contribution in [0.4, 0.5) is 0 Å². The molecule has 102 valence electrons. The highest BCUT2D eigenvalue weighted by atomic mass is 15.3. The maximum atomic E-state index is 4.44. The summed E-state index contributed by atoms with van der Waals surface area (Å²) in [6.45, 7) is 4.06. The molecule has 0 bridgehead atoms. The van der Waals surface area contributed by atoms with Crippen LogP contribution in [0.5, 0.6) is 0 Å². The van der Waals surface area contributed by atoms with Crippen molar-refractivity contribution in [1.29, 1.82) is 0 Å². The van der Waals surface area contributed by atoms with Crippen LogP contribution in [0.1, 0.15) is 18.9 Å². The first-order valence-electron chi connectivity index (χ1n) is 6.97. The van der Waals surface area contributed by atoms with E-state index in [2.05, 4.69) is 40.5 Å². The Morgan fingerprint density at radius 3 is 3.00 bits per heavy atom. The average molecular weight is 266 g/mol. The van der Waals surface area contributed by atoms with Crippen LogP contribution in [0.15, 0.2) is 48.8 Å². The fourth-order valence-corrected chi connectivity index (χ4v) is 2.25. The lowest BCUT2D eigenvalue weighted by molar-refractivity contribution is 0.674. The largest absolute Gasteiger partial charge is 0.313 e. The number of hydrogen-bond acceptors (Lipinski definition) is 3. The third-order valence-corrected chi connectivity index (χ3v) is 3.26. The van der Waals surface area contributed by atoms with Crippen LogP contribution in [0.3, 0.4) is 0 Å². The highest BCUT2D eigenvalue weighted by Gasteiger charge is 2.05. The Hall–Kier alpha value is -2.20. The average Bonchev–Trinajstić information content (AvgIpc) is 2.92. The van der Waals surface area contributed by atoms with Gasteiger partial charge in [-0.3, -0.25) is 0 Å². The lowest BCUT2D eigenvalue weighted by atomic mass is 10.2. The second kappa shape index (κ2) is 5.84. The summed E-state index contributed by atoms with van der Waals surface area (Å²) < 4.78 is 1.89. The number of aromatic nitrogens is 3. The van der Waals surface area contributed by atoms with Gasteiger partial charge in [-0.05, 0) is 36.7 Å². The van der Waals surface area contributed by atoms with E-state index in [1.165, 1.54) is 5.56 Å². The van der Waals surface area contributed by atoms with Crippen molar-refractivity contribution in [3.8, 4) is 5.82 Å². The van der Waals surface area contributed by atoms with Crippen LogP contribution in [0, 0.1) is 0 Å². The van der Waals surface area contributed by atoms with Gasteiger partial charge in [-0.25, -0.2) is 9.67 Å². The summed E-state index contributed by atoms with van der Waals surface area (Å²) in [5, 5.41) is 8.97. The molecular weight excluding hydrogens is 248 g/mol. The van der Waals surface area contributed by atoms with Gasteiger partial charge in [0.25, 0.3) is 0 Å². The van der Waals surface area contributed by atoms with Gasteiger partial charge in [-0.1, -0.05) is 25.1 Å². The fraction of sp³-hybridized carbons (Fsp3) is 0.250. The van der Waals surface area contributed by atoms with Crippen LogP contribution >= 0.6 is 0 Å². The molecular formula is C16H18N4. The van der Waals surface area contributed by atoms with Gasteiger partial charge in [0.05, 0.1) is 11.7 Å². The SMILES string of the molecule is CCCNCc1ccnc(-n2ncc3ccccc32)c1. The van der Waals surface area contributed by atoms with E-state index in [0.29, 0.717) is 0 Å².